The first-order valence-corrected chi connectivity index (χ1v) is 13.1. The largest absolute Gasteiger partial charge is 0.465 e. The molecular formula is C26H39NO4. The summed E-state index contributed by atoms with van der Waals surface area (Å²) in [6.07, 6.45) is 12.8. The van der Waals surface area contributed by atoms with Gasteiger partial charge in [-0.25, -0.2) is 0 Å². The van der Waals surface area contributed by atoms with Crippen molar-refractivity contribution in [3.8, 4) is 0 Å². The summed E-state index contributed by atoms with van der Waals surface area (Å²) in [5.41, 5.74) is 6.82. The van der Waals surface area contributed by atoms with Crippen LogP contribution in [0.3, 0.4) is 0 Å². The molecule has 6 bridgehead atoms. The van der Waals surface area contributed by atoms with E-state index >= 15 is 0 Å². The molecule has 8 aliphatic rings. The number of fused-ring (bicyclic) bond motifs is 3. The molecule has 1 heterocycles. The average molecular weight is 430 g/mol. The fourth-order valence-corrected chi connectivity index (χ4v) is 10.2. The van der Waals surface area contributed by atoms with E-state index in [9.17, 15) is 4.79 Å². The Morgan fingerprint density at radius 3 is 2.58 bits per heavy atom. The molecule has 2 N–H and O–H groups in total. The Balaban J connectivity index is 0.991. The van der Waals surface area contributed by atoms with E-state index in [0.29, 0.717) is 37.6 Å². The number of hydrogen-bond donors (Lipinski definition) is 1. The third kappa shape index (κ3) is 2.52. The molecule has 0 radical (unpaired) electrons. The molecule has 1 aliphatic heterocycles. The van der Waals surface area contributed by atoms with Crippen LogP contribution in [0, 0.1) is 46.3 Å². The molecular weight excluding hydrogens is 390 g/mol. The normalized spacial score (nSPS) is 58.8. The third-order valence-corrected chi connectivity index (χ3v) is 11.0. The molecule has 7 aliphatic carbocycles. The molecule has 6 unspecified atom stereocenters. The number of carbonyl (C=O) groups excluding carboxylic acids is 1. The molecule has 8 fully saturated rings. The van der Waals surface area contributed by atoms with Crippen LogP contribution in [0.4, 0.5) is 0 Å². The number of rotatable bonds is 3. The standard InChI is InChI=1S/C26H39NO4/c1-16-5-17-3-2-4-23(6-16,7-17)22(28)29-13-19-14-30-26(31-15-19)21-12-24(27)8-18-9-25(26,10-18)20(21)11-24/h16-21H,2-15,27H2,1H3. The van der Waals surface area contributed by atoms with Gasteiger partial charge >= 0.3 is 5.97 Å². The molecule has 31 heavy (non-hydrogen) atoms. The zero-order chi connectivity index (χ0) is 21.1. The van der Waals surface area contributed by atoms with Crippen LogP contribution in [-0.4, -0.2) is 37.1 Å². The second-order valence-electron chi connectivity index (χ2n) is 13.2. The Bertz CT molecular complexity index is 780. The molecule has 5 nitrogen and oxygen atoms in total. The quantitative estimate of drug-likeness (QED) is 0.686. The van der Waals surface area contributed by atoms with Crippen molar-refractivity contribution in [1.82, 2.24) is 0 Å². The Morgan fingerprint density at radius 1 is 1.00 bits per heavy atom. The lowest BCUT2D eigenvalue weighted by Gasteiger charge is -2.73. The van der Waals surface area contributed by atoms with Gasteiger partial charge in [-0.1, -0.05) is 19.8 Å². The van der Waals surface area contributed by atoms with Gasteiger partial charge in [-0.2, -0.15) is 0 Å². The van der Waals surface area contributed by atoms with E-state index < -0.39 is 0 Å². The van der Waals surface area contributed by atoms with Crippen molar-refractivity contribution < 1.29 is 19.0 Å². The van der Waals surface area contributed by atoms with Crippen molar-refractivity contribution in [2.75, 3.05) is 19.8 Å². The summed E-state index contributed by atoms with van der Waals surface area (Å²) in [4.78, 5) is 13.2. The molecule has 0 aromatic carbocycles. The summed E-state index contributed by atoms with van der Waals surface area (Å²) in [6, 6.07) is 0. The summed E-state index contributed by atoms with van der Waals surface area (Å²) in [5.74, 6) is 3.15. The highest BCUT2D eigenvalue weighted by atomic mass is 16.7. The predicted octanol–water partition coefficient (Wildman–Crippen LogP) is 4.03. The van der Waals surface area contributed by atoms with Crippen molar-refractivity contribution in [1.29, 1.82) is 0 Å². The fraction of sp³-hybridized carbons (Fsp3) is 0.962. The second-order valence-corrected chi connectivity index (χ2v) is 13.2. The van der Waals surface area contributed by atoms with Crippen molar-refractivity contribution in [2.45, 2.75) is 88.9 Å². The fourth-order valence-electron chi connectivity index (χ4n) is 10.2. The number of hydrogen-bond acceptors (Lipinski definition) is 5. The summed E-state index contributed by atoms with van der Waals surface area (Å²) in [7, 11) is 0. The Hall–Kier alpha value is -0.650. The third-order valence-electron chi connectivity index (χ3n) is 11.0. The molecule has 0 aromatic heterocycles. The molecule has 1 saturated heterocycles. The minimum atomic E-state index is -0.385. The lowest BCUT2D eigenvalue weighted by atomic mass is 9.39. The molecule has 8 rings (SSSR count). The highest BCUT2D eigenvalue weighted by molar-refractivity contribution is 5.77. The topological polar surface area (TPSA) is 70.8 Å². The van der Waals surface area contributed by atoms with E-state index in [1.54, 1.807) is 0 Å². The molecule has 2 spiro atoms. The smallest absolute Gasteiger partial charge is 0.312 e. The summed E-state index contributed by atoms with van der Waals surface area (Å²) >= 11 is 0. The van der Waals surface area contributed by atoms with Crippen molar-refractivity contribution in [3.63, 3.8) is 0 Å². The monoisotopic (exact) mass is 429 g/mol. The lowest BCUT2D eigenvalue weighted by Crippen LogP contribution is -2.77. The van der Waals surface area contributed by atoms with E-state index in [2.05, 4.69) is 6.92 Å². The van der Waals surface area contributed by atoms with Gasteiger partial charge in [-0.15, -0.1) is 0 Å². The van der Waals surface area contributed by atoms with E-state index in [1.165, 1.54) is 44.9 Å². The maximum absolute atomic E-state index is 13.2. The highest BCUT2D eigenvalue weighted by Crippen LogP contribution is 2.80. The second kappa shape index (κ2) is 6.27. The maximum Gasteiger partial charge on any atom is 0.312 e. The Labute approximate surface area is 186 Å². The number of nitrogens with two attached hydrogens (primary N) is 1. The minimum Gasteiger partial charge on any atom is -0.465 e. The van der Waals surface area contributed by atoms with Crippen LogP contribution in [0.25, 0.3) is 0 Å². The summed E-state index contributed by atoms with van der Waals surface area (Å²) in [5, 5.41) is 0. The summed E-state index contributed by atoms with van der Waals surface area (Å²) < 4.78 is 19.2. The van der Waals surface area contributed by atoms with Crippen LogP contribution < -0.4 is 5.73 Å². The van der Waals surface area contributed by atoms with Gasteiger partial charge in [0, 0.05) is 22.8 Å². The molecule has 6 atom stereocenters. The van der Waals surface area contributed by atoms with Crippen molar-refractivity contribution in [3.05, 3.63) is 0 Å². The zero-order valence-electron chi connectivity index (χ0n) is 19.1. The lowest BCUT2D eigenvalue weighted by molar-refractivity contribution is -0.452. The highest BCUT2D eigenvalue weighted by Gasteiger charge is 2.82. The van der Waals surface area contributed by atoms with Gasteiger partial charge in [0.2, 0.25) is 0 Å². The summed E-state index contributed by atoms with van der Waals surface area (Å²) in [6.45, 7) is 4.07. The number of carbonyl (C=O) groups is 1. The first-order valence-electron chi connectivity index (χ1n) is 13.1. The minimum absolute atomic E-state index is 0.0230. The number of ether oxygens (including phenoxy) is 3. The van der Waals surface area contributed by atoms with E-state index in [4.69, 9.17) is 19.9 Å². The molecule has 0 aromatic rings. The van der Waals surface area contributed by atoms with Gasteiger partial charge in [0.25, 0.3) is 0 Å². The Morgan fingerprint density at radius 2 is 1.77 bits per heavy atom. The zero-order valence-corrected chi connectivity index (χ0v) is 19.1. The van der Waals surface area contributed by atoms with E-state index in [-0.39, 0.29) is 34.0 Å². The van der Waals surface area contributed by atoms with Crippen LogP contribution in [0.1, 0.15) is 77.6 Å². The van der Waals surface area contributed by atoms with E-state index in [1.807, 2.05) is 0 Å². The van der Waals surface area contributed by atoms with Gasteiger partial charge < -0.3 is 19.9 Å². The first-order chi connectivity index (χ1) is 14.9. The van der Waals surface area contributed by atoms with E-state index in [0.717, 1.165) is 37.5 Å². The molecule has 172 valence electrons. The predicted molar refractivity (Wildman–Crippen MR) is 115 cm³/mol. The van der Waals surface area contributed by atoms with Gasteiger partial charge in [0.1, 0.15) is 0 Å². The maximum atomic E-state index is 13.2. The van der Waals surface area contributed by atoms with Gasteiger partial charge in [-0.05, 0) is 81.5 Å². The SMILES string of the molecule is CC1CC2CCCC(C(=O)OCC3COC4(OC3)C3CC5(N)CC6CC4(C6)C3C5)(C1)C2. The number of esters is 1. The van der Waals surface area contributed by atoms with Gasteiger partial charge in [0.05, 0.1) is 25.2 Å². The van der Waals surface area contributed by atoms with Crippen LogP contribution in [0.15, 0.2) is 0 Å². The van der Waals surface area contributed by atoms with Crippen LogP contribution in [-0.2, 0) is 19.0 Å². The van der Waals surface area contributed by atoms with Crippen LogP contribution in [0.2, 0.25) is 0 Å². The van der Waals surface area contributed by atoms with Crippen LogP contribution in [0.5, 0.6) is 0 Å². The molecule has 0 amide bonds. The average Bonchev–Trinajstić information content (AvgIpc) is 2.90. The van der Waals surface area contributed by atoms with Crippen molar-refractivity contribution in [2.24, 2.45) is 52.1 Å². The van der Waals surface area contributed by atoms with Crippen LogP contribution >= 0.6 is 0 Å². The molecule has 5 heteroatoms. The first kappa shape index (κ1) is 19.8. The van der Waals surface area contributed by atoms with Crippen molar-refractivity contribution >= 4 is 5.97 Å². The van der Waals surface area contributed by atoms with Gasteiger partial charge in [0.15, 0.2) is 5.79 Å². The Kier molecular flexibility index (Phi) is 4.00. The van der Waals surface area contributed by atoms with Gasteiger partial charge in [-0.3, -0.25) is 4.79 Å². The molecule has 7 saturated carbocycles.